The zero-order valence-electron chi connectivity index (χ0n) is 17.3. The molecule has 0 heterocycles. The van der Waals surface area contributed by atoms with Gasteiger partial charge < -0.3 is 0 Å². The summed E-state index contributed by atoms with van der Waals surface area (Å²) in [5.74, 6) is 0. The minimum atomic E-state index is 1.32. The molecule has 0 nitrogen and oxygen atoms in total. The summed E-state index contributed by atoms with van der Waals surface area (Å²) in [6.45, 7) is 8.87. The van der Waals surface area contributed by atoms with E-state index in [0.717, 1.165) is 0 Å². The standard InChI is InChI=1S/C24H26S4/c1-15-9-7-10-16(2)23(15)27-28-24-17(3)13-19(14-18(24)4)22-20(25-5)11-8-12-21(22)26-6/h7-14H,1-6H3. The van der Waals surface area contributed by atoms with Crippen molar-refractivity contribution < 1.29 is 0 Å². The van der Waals surface area contributed by atoms with Crippen LogP contribution in [0.2, 0.25) is 0 Å². The second kappa shape index (κ2) is 9.71. The molecule has 28 heavy (non-hydrogen) atoms. The first-order chi connectivity index (χ1) is 13.5. The van der Waals surface area contributed by atoms with E-state index in [1.54, 1.807) is 0 Å². The van der Waals surface area contributed by atoms with Crippen LogP contribution in [-0.2, 0) is 0 Å². The summed E-state index contributed by atoms with van der Waals surface area (Å²) in [6, 6.07) is 17.9. The highest BCUT2D eigenvalue weighted by molar-refractivity contribution is 8.76. The molecule has 0 amide bonds. The van der Waals surface area contributed by atoms with Crippen molar-refractivity contribution in [2.24, 2.45) is 0 Å². The van der Waals surface area contributed by atoms with Crippen molar-refractivity contribution in [3.8, 4) is 11.1 Å². The van der Waals surface area contributed by atoms with Crippen LogP contribution < -0.4 is 0 Å². The van der Waals surface area contributed by atoms with E-state index in [2.05, 4.69) is 88.7 Å². The fourth-order valence-electron chi connectivity index (χ4n) is 3.38. The molecule has 0 spiro atoms. The summed E-state index contributed by atoms with van der Waals surface area (Å²) in [6.07, 6.45) is 4.32. The molecular weight excluding hydrogens is 417 g/mol. The molecular formula is C24H26S4. The van der Waals surface area contributed by atoms with Gasteiger partial charge in [-0.15, -0.1) is 23.5 Å². The number of aryl methyl sites for hydroxylation is 4. The molecule has 0 fully saturated rings. The average Bonchev–Trinajstić information content (AvgIpc) is 2.68. The van der Waals surface area contributed by atoms with Gasteiger partial charge in [0.05, 0.1) is 0 Å². The van der Waals surface area contributed by atoms with E-state index in [-0.39, 0.29) is 0 Å². The minimum absolute atomic E-state index is 1.32. The maximum Gasteiger partial charge on any atom is 0.0245 e. The smallest absolute Gasteiger partial charge is 0.0245 e. The Bertz CT molecular complexity index is 926. The average molecular weight is 443 g/mol. The first-order valence-corrected chi connectivity index (χ1v) is 13.8. The predicted molar refractivity (Wildman–Crippen MR) is 133 cm³/mol. The van der Waals surface area contributed by atoms with E-state index in [0.29, 0.717) is 0 Å². The molecule has 3 aromatic rings. The Morgan fingerprint density at radius 1 is 0.571 bits per heavy atom. The fourth-order valence-corrected chi connectivity index (χ4v) is 7.76. The van der Waals surface area contributed by atoms with Crippen molar-refractivity contribution in [1.82, 2.24) is 0 Å². The Morgan fingerprint density at radius 3 is 1.46 bits per heavy atom. The molecule has 0 saturated heterocycles. The van der Waals surface area contributed by atoms with E-state index in [1.165, 1.54) is 53.0 Å². The third kappa shape index (κ3) is 4.62. The molecule has 0 aromatic heterocycles. The van der Waals surface area contributed by atoms with Crippen molar-refractivity contribution in [2.45, 2.75) is 47.3 Å². The number of rotatable bonds is 6. The SMILES string of the molecule is CSc1cccc(SC)c1-c1cc(C)c(SSc2c(C)cccc2C)c(C)c1. The first kappa shape index (κ1) is 21.8. The third-order valence-electron chi connectivity index (χ3n) is 4.79. The highest BCUT2D eigenvalue weighted by Gasteiger charge is 2.14. The van der Waals surface area contributed by atoms with Crippen molar-refractivity contribution in [3.63, 3.8) is 0 Å². The molecule has 0 saturated carbocycles. The van der Waals surface area contributed by atoms with E-state index in [9.17, 15) is 0 Å². The maximum atomic E-state index is 2.36. The Kier molecular flexibility index (Phi) is 7.54. The molecule has 0 N–H and O–H groups in total. The van der Waals surface area contributed by atoms with Crippen LogP contribution >= 0.6 is 45.1 Å². The molecule has 0 radical (unpaired) electrons. The van der Waals surface area contributed by atoms with Gasteiger partial charge in [-0.3, -0.25) is 0 Å². The Balaban J connectivity index is 1.97. The molecule has 0 bridgehead atoms. The van der Waals surface area contributed by atoms with E-state index >= 15 is 0 Å². The number of hydrogen-bond acceptors (Lipinski definition) is 4. The van der Waals surface area contributed by atoms with Crippen molar-refractivity contribution in [3.05, 3.63) is 70.8 Å². The molecule has 0 aliphatic rings. The van der Waals surface area contributed by atoms with Crippen molar-refractivity contribution >= 4 is 45.1 Å². The lowest BCUT2D eigenvalue weighted by Crippen LogP contribution is -1.91. The quantitative estimate of drug-likeness (QED) is 0.276. The van der Waals surface area contributed by atoms with Crippen molar-refractivity contribution in [1.29, 1.82) is 0 Å². The van der Waals surface area contributed by atoms with Gasteiger partial charge in [-0.25, -0.2) is 0 Å². The van der Waals surface area contributed by atoms with E-state index < -0.39 is 0 Å². The Labute approximate surface area is 186 Å². The van der Waals surface area contributed by atoms with Crippen LogP contribution in [0.25, 0.3) is 11.1 Å². The zero-order chi connectivity index (χ0) is 20.3. The topological polar surface area (TPSA) is 0 Å². The van der Waals surface area contributed by atoms with Crippen LogP contribution in [0.4, 0.5) is 0 Å². The number of benzene rings is 3. The summed E-state index contributed by atoms with van der Waals surface area (Å²) >= 11 is 3.65. The first-order valence-electron chi connectivity index (χ1n) is 9.19. The molecule has 3 rings (SSSR count). The van der Waals surface area contributed by atoms with Gasteiger partial charge in [0.25, 0.3) is 0 Å². The molecule has 146 valence electrons. The highest BCUT2D eigenvalue weighted by atomic mass is 33.1. The third-order valence-corrected chi connectivity index (χ3v) is 9.31. The van der Waals surface area contributed by atoms with Crippen LogP contribution in [0.3, 0.4) is 0 Å². The van der Waals surface area contributed by atoms with Gasteiger partial charge in [-0.1, -0.05) is 58.0 Å². The van der Waals surface area contributed by atoms with Crippen LogP contribution in [-0.4, -0.2) is 12.5 Å². The predicted octanol–water partition coefficient (Wildman–Crippen LogP) is 8.83. The Morgan fingerprint density at radius 2 is 1.00 bits per heavy atom. The fraction of sp³-hybridized carbons (Fsp3) is 0.250. The van der Waals surface area contributed by atoms with Gasteiger partial charge in [-0.05, 0) is 80.2 Å². The molecule has 0 unspecified atom stereocenters. The minimum Gasteiger partial charge on any atom is -0.129 e. The van der Waals surface area contributed by atoms with Crippen molar-refractivity contribution in [2.75, 3.05) is 12.5 Å². The Hall–Kier alpha value is -0.940. The van der Waals surface area contributed by atoms with Crippen LogP contribution in [0.15, 0.2) is 68.1 Å². The van der Waals surface area contributed by atoms with Gasteiger partial charge in [0.1, 0.15) is 0 Å². The largest absolute Gasteiger partial charge is 0.129 e. The summed E-state index contributed by atoms with van der Waals surface area (Å²) in [5, 5.41) is 0. The van der Waals surface area contributed by atoms with Crippen LogP contribution in [0, 0.1) is 27.7 Å². The van der Waals surface area contributed by atoms with E-state index in [1.807, 2.05) is 45.1 Å². The van der Waals surface area contributed by atoms with Crippen LogP contribution in [0.1, 0.15) is 22.3 Å². The van der Waals surface area contributed by atoms with Gasteiger partial charge >= 0.3 is 0 Å². The normalized spacial score (nSPS) is 11.1. The van der Waals surface area contributed by atoms with Gasteiger partial charge in [0, 0.05) is 25.1 Å². The summed E-state index contributed by atoms with van der Waals surface area (Å²) in [4.78, 5) is 5.45. The summed E-state index contributed by atoms with van der Waals surface area (Å²) in [5.41, 5.74) is 8.09. The zero-order valence-corrected chi connectivity index (χ0v) is 20.5. The molecule has 0 aliphatic carbocycles. The highest BCUT2D eigenvalue weighted by Crippen LogP contribution is 2.45. The molecule has 3 aromatic carbocycles. The van der Waals surface area contributed by atoms with Gasteiger partial charge in [0.2, 0.25) is 0 Å². The maximum absolute atomic E-state index is 2.36. The second-order valence-electron chi connectivity index (χ2n) is 6.86. The van der Waals surface area contributed by atoms with Gasteiger partial charge in [-0.2, -0.15) is 0 Å². The molecule has 0 atom stereocenters. The van der Waals surface area contributed by atoms with E-state index in [4.69, 9.17) is 0 Å². The van der Waals surface area contributed by atoms with Gasteiger partial charge in [0.15, 0.2) is 0 Å². The van der Waals surface area contributed by atoms with Crippen LogP contribution in [0.5, 0.6) is 0 Å². The lowest BCUT2D eigenvalue weighted by Gasteiger charge is -2.17. The number of thioether (sulfide) groups is 2. The molecule has 0 aliphatic heterocycles. The summed E-state index contributed by atoms with van der Waals surface area (Å²) in [7, 11) is 3.77. The second-order valence-corrected chi connectivity index (χ2v) is 10.7. The molecule has 4 heteroatoms. The lowest BCUT2D eigenvalue weighted by atomic mass is 10.0. The lowest BCUT2D eigenvalue weighted by molar-refractivity contribution is 1.21. The summed E-state index contributed by atoms with van der Waals surface area (Å²) < 4.78 is 0. The monoisotopic (exact) mass is 442 g/mol. The number of hydrogen-bond donors (Lipinski definition) is 0.